The van der Waals surface area contributed by atoms with E-state index in [2.05, 4.69) is 5.32 Å². The summed E-state index contributed by atoms with van der Waals surface area (Å²) in [7, 11) is 0. The normalized spacial score (nSPS) is 20.0. The third-order valence-electron chi connectivity index (χ3n) is 6.63. The van der Waals surface area contributed by atoms with E-state index in [-0.39, 0.29) is 30.0 Å². The van der Waals surface area contributed by atoms with Gasteiger partial charge < -0.3 is 15.3 Å². The van der Waals surface area contributed by atoms with Crippen LogP contribution in [0.15, 0.2) is 42.5 Å². The van der Waals surface area contributed by atoms with Crippen molar-refractivity contribution in [2.24, 2.45) is 5.92 Å². The third-order valence-corrected chi connectivity index (χ3v) is 6.63. The highest BCUT2D eigenvalue weighted by Gasteiger charge is 2.42. The molecule has 0 bridgehead atoms. The lowest BCUT2D eigenvalue weighted by molar-refractivity contribution is -0.206. The maximum absolute atomic E-state index is 14.6. The van der Waals surface area contributed by atoms with Crippen LogP contribution in [0.4, 0.5) is 30.7 Å². The Morgan fingerprint density at radius 3 is 2.30 bits per heavy atom. The first-order chi connectivity index (χ1) is 17.3. The summed E-state index contributed by atoms with van der Waals surface area (Å²) in [6.07, 6.45) is -10.5. The molecule has 2 N–H and O–H groups in total. The molecule has 3 atom stereocenters. The van der Waals surface area contributed by atoms with Crippen LogP contribution in [0.2, 0.25) is 0 Å². The van der Waals surface area contributed by atoms with Crippen molar-refractivity contribution in [2.75, 3.05) is 6.54 Å². The van der Waals surface area contributed by atoms with E-state index in [9.17, 15) is 45.4 Å². The van der Waals surface area contributed by atoms with Gasteiger partial charge in [-0.3, -0.25) is 9.59 Å². The maximum atomic E-state index is 14.6. The summed E-state index contributed by atoms with van der Waals surface area (Å²) in [4.78, 5) is 27.4. The summed E-state index contributed by atoms with van der Waals surface area (Å²) in [5, 5.41) is 12.2. The van der Waals surface area contributed by atoms with Gasteiger partial charge in [0.25, 0.3) is 5.91 Å². The van der Waals surface area contributed by atoms with Crippen molar-refractivity contribution in [3.63, 3.8) is 0 Å². The van der Waals surface area contributed by atoms with E-state index in [0.29, 0.717) is 25.3 Å². The van der Waals surface area contributed by atoms with Gasteiger partial charge >= 0.3 is 12.4 Å². The molecule has 0 aromatic heterocycles. The fraction of sp³-hybridized carbons (Fsp3) is 0.440. The number of aliphatic hydroxyl groups is 1. The van der Waals surface area contributed by atoms with Crippen molar-refractivity contribution in [2.45, 2.75) is 56.2 Å². The van der Waals surface area contributed by atoms with Crippen LogP contribution in [0.3, 0.4) is 0 Å². The molecule has 0 spiro atoms. The first-order valence-corrected chi connectivity index (χ1v) is 11.6. The monoisotopic (exact) mass is 532 g/mol. The van der Waals surface area contributed by atoms with Crippen molar-refractivity contribution in [1.82, 2.24) is 10.2 Å². The van der Waals surface area contributed by atoms with Crippen molar-refractivity contribution >= 4 is 11.8 Å². The third kappa shape index (κ3) is 5.89. The van der Waals surface area contributed by atoms with E-state index >= 15 is 0 Å². The molecule has 4 rings (SSSR count). The second-order valence-electron chi connectivity index (χ2n) is 9.28. The van der Waals surface area contributed by atoms with Gasteiger partial charge in [-0.1, -0.05) is 18.2 Å². The highest BCUT2D eigenvalue weighted by Crippen LogP contribution is 2.43. The molecule has 2 aromatic rings. The van der Waals surface area contributed by atoms with Crippen LogP contribution < -0.4 is 5.32 Å². The zero-order valence-electron chi connectivity index (χ0n) is 19.2. The van der Waals surface area contributed by atoms with E-state index in [4.69, 9.17) is 0 Å². The second kappa shape index (κ2) is 9.96. The lowest BCUT2D eigenvalue weighted by Gasteiger charge is -2.27. The predicted octanol–water partition coefficient (Wildman–Crippen LogP) is 5.31. The highest BCUT2D eigenvalue weighted by atomic mass is 19.4. The average molecular weight is 532 g/mol. The molecule has 2 aromatic carbocycles. The number of aliphatic hydroxyl groups excluding tert-OH is 1. The number of benzene rings is 2. The Morgan fingerprint density at radius 2 is 1.70 bits per heavy atom. The molecule has 12 heteroatoms. The van der Waals surface area contributed by atoms with Crippen LogP contribution in [-0.2, 0) is 11.0 Å². The van der Waals surface area contributed by atoms with Gasteiger partial charge in [0.15, 0.2) is 6.10 Å². The zero-order valence-corrected chi connectivity index (χ0v) is 19.2. The molecule has 2 fully saturated rings. The van der Waals surface area contributed by atoms with Crippen LogP contribution in [0, 0.1) is 11.7 Å². The molecule has 2 aliphatic rings. The molecule has 37 heavy (non-hydrogen) atoms. The van der Waals surface area contributed by atoms with Gasteiger partial charge in [-0.2, -0.15) is 26.3 Å². The Bertz CT molecular complexity index is 1180. The first kappa shape index (κ1) is 26.9. The first-order valence-electron chi connectivity index (χ1n) is 11.6. The Kier molecular flexibility index (Phi) is 7.24. The van der Waals surface area contributed by atoms with Gasteiger partial charge in [0.2, 0.25) is 5.91 Å². The number of rotatable bonds is 6. The summed E-state index contributed by atoms with van der Waals surface area (Å²) in [5.41, 5.74) is -1.91. The quantitative estimate of drug-likeness (QED) is 0.496. The minimum absolute atomic E-state index is 0.0893. The fourth-order valence-electron chi connectivity index (χ4n) is 4.56. The van der Waals surface area contributed by atoms with Gasteiger partial charge in [-0.25, -0.2) is 4.39 Å². The van der Waals surface area contributed by atoms with Crippen molar-refractivity contribution in [1.29, 1.82) is 0 Å². The summed E-state index contributed by atoms with van der Waals surface area (Å²) >= 11 is 0. The van der Waals surface area contributed by atoms with Gasteiger partial charge in [-0.05, 0) is 61.4 Å². The molecule has 1 aliphatic carbocycles. The molecule has 1 aliphatic heterocycles. The van der Waals surface area contributed by atoms with E-state index < -0.39 is 59.3 Å². The summed E-state index contributed by atoms with van der Waals surface area (Å²) in [6, 6.07) is 4.64. The molecule has 2 amide bonds. The number of alkyl halides is 6. The Morgan fingerprint density at radius 1 is 1.00 bits per heavy atom. The molecule has 0 unspecified atom stereocenters. The van der Waals surface area contributed by atoms with Gasteiger partial charge in [0.1, 0.15) is 11.9 Å². The predicted molar refractivity (Wildman–Crippen MR) is 117 cm³/mol. The molecule has 1 heterocycles. The fourth-order valence-corrected chi connectivity index (χ4v) is 4.56. The number of likely N-dealkylation sites (tertiary alicyclic amines) is 1. The van der Waals surface area contributed by atoms with Crippen molar-refractivity contribution in [3.8, 4) is 0 Å². The number of carbonyl (C=O) groups is 2. The molecule has 5 nitrogen and oxygen atoms in total. The number of amides is 2. The van der Waals surface area contributed by atoms with E-state index in [1.54, 1.807) is 0 Å². The topological polar surface area (TPSA) is 69.6 Å². The minimum atomic E-state index is -4.93. The van der Waals surface area contributed by atoms with Gasteiger partial charge in [0.05, 0.1) is 11.6 Å². The lowest BCUT2D eigenvalue weighted by Crippen LogP contribution is -2.47. The van der Waals surface area contributed by atoms with Gasteiger partial charge in [-0.15, -0.1) is 0 Å². The number of nitrogens with zero attached hydrogens (tertiary/aromatic N) is 1. The molecule has 1 saturated carbocycles. The minimum Gasteiger partial charge on any atom is -0.379 e. The molecular weight excluding hydrogens is 509 g/mol. The Hall–Kier alpha value is -3.15. The highest BCUT2D eigenvalue weighted by molar-refractivity contribution is 5.98. The Balaban J connectivity index is 1.52. The standard InChI is InChI=1S/C25H23F7N2O3/c26-18-12-16(24(27,28)29)8-9-17(18)20(13-6-7-13)33-22(36)19-5-2-10-34(19)23(37)15-4-1-3-14(11-15)21(35)25(30,31)32/h1,3-4,8-9,11-13,19-21,35H,2,5-7,10H2,(H,33,36)/t19-,20-,21+/m1/s1. The molecular formula is C25H23F7N2O3. The zero-order chi connectivity index (χ0) is 27.1. The van der Waals surface area contributed by atoms with E-state index in [0.717, 1.165) is 24.3 Å². The number of hydrogen-bond donors (Lipinski definition) is 2. The Labute approximate surface area is 207 Å². The lowest BCUT2D eigenvalue weighted by atomic mass is 9.99. The van der Waals surface area contributed by atoms with Crippen LogP contribution in [-0.4, -0.2) is 40.6 Å². The summed E-state index contributed by atoms with van der Waals surface area (Å²) in [6.45, 7) is 0.145. The number of halogens is 7. The number of carbonyl (C=O) groups excluding carboxylic acids is 2. The maximum Gasteiger partial charge on any atom is 0.418 e. The smallest absolute Gasteiger partial charge is 0.379 e. The SMILES string of the molecule is O=C(N[C@@H](c1ccc(C(F)(F)F)cc1F)C1CC1)[C@H]1CCCN1C(=O)c1cccc([C@H](O)C(F)(F)F)c1. The number of nitrogens with one attached hydrogen (secondary N) is 1. The van der Waals surface area contributed by atoms with Crippen molar-refractivity contribution < 1.29 is 45.4 Å². The van der Waals surface area contributed by atoms with Gasteiger partial charge in [0, 0.05) is 17.7 Å². The van der Waals surface area contributed by atoms with Crippen LogP contribution in [0.1, 0.15) is 64.9 Å². The van der Waals surface area contributed by atoms with E-state index in [1.807, 2.05) is 0 Å². The van der Waals surface area contributed by atoms with Crippen molar-refractivity contribution in [3.05, 3.63) is 70.5 Å². The molecule has 0 radical (unpaired) electrons. The van der Waals surface area contributed by atoms with Crippen LogP contribution in [0.25, 0.3) is 0 Å². The van der Waals surface area contributed by atoms with Crippen LogP contribution >= 0.6 is 0 Å². The number of hydrogen-bond acceptors (Lipinski definition) is 3. The summed E-state index contributed by atoms with van der Waals surface area (Å²) < 4.78 is 92.1. The van der Waals surface area contributed by atoms with Crippen LogP contribution in [0.5, 0.6) is 0 Å². The molecule has 200 valence electrons. The largest absolute Gasteiger partial charge is 0.418 e. The summed E-state index contributed by atoms with van der Waals surface area (Å²) in [5.74, 6) is -2.63. The second-order valence-corrected chi connectivity index (χ2v) is 9.28. The average Bonchev–Trinajstić information content (AvgIpc) is 3.55. The van der Waals surface area contributed by atoms with E-state index in [1.165, 1.54) is 17.0 Å². The molecule has 1 saturated heterocycles.